The maximum absolute atomic E-state index is 3.77. The molecule has 0 spiro atoms. The van der Waals surface area contributed by atoms with E-state index in [4.69, 9.17) is 0 Å². The van der Waals surface area contributed by atoms with Crippen LogP contribution in [0.25, 0.3) is 16.0 Å². The van der Waals surface area contributed by atoms with Crippen molar-refractivity contribution >= 4 is 0 Å². The molecule has 1 rings (SSSR count). The molecule has 5 nitrogen and oxygen atoms in total. The normalized spacial score (nSPS) is 7.80. The van der Waals surface area contributed by atoms with Crippen molar-refractivity contribution in [3.8, 4) is 0 Å². The number of aromatic nitrogens is 2. The molecule has 1 heterocycles. The van der Waals surface area contributed by atoms with Crippen molar-refractivity contribution in [2.24, 2.45) is 0 Å². The average Bonchev–Trinajstić information content (AvgIpc) is 2.83. The maximum Gasteiger partial charge on any atom is 4.00 e. The van der Waals surface area contributed by atoms with Gasteiger partial charge in [0.05, 0.1) is 0 Å². The molecule has 0 amide bonds. The van der Waals surface area contributed by atoms with Crippen molar-refractivity contribution in [2.75, 3.05) is 40.8 Å². The summed E-state index contributed by atoms with van der Waals surface area (Å²) < 4.78 is 0. The van der Waals surface area contributed by atoms with E-state index in [9.17, 15) is 0 Å². The van der Waals surface area contributed by atoms with Gasteiger partial charge in [-0.25, -0.2) is 0 Å². The van der Waals surface area contributed by atoms with Gasteiger partial charge in [-0.2, -0.15) is 47.0 Å². The zero-order valence-electron chi connectivity index (χ0n) is 14.4. The monoisotopic (exact) mass is 317 g/mol. The van der Waals surface area contributed by atoms with Gasteiger partial charge in [-0.15, -0.1) is 0 Å². The van der Waals surface area contributed by atoms with Crippen LogP contribution in [0.15, 0.2) is 6.20 Å². The van der Waals surface area contributed by atoms with Crippen LogP contribution in [0.3, 0.4) is 0 Å². The van der Waals surface area contributed by atoms with E-state index in [-0.39, 0.29) is 21.7 Å². The Morgan fingerprint density at radius 2 is 1.20 bits per heavy atom. The van der Waals surface area contributed by atoms with Crippen LogP contribution in [0.1, 0.15) is 32.0 Å². The molecule has 0 N–H and O–H groups in total. The van der Waals surface area contributed by atoms with Gasteiger partial charge in [-0.1, -0.05) is 26.3 Å². The molecule has 0 radical (unpaired) electrons. The molecule has 20 heavy (non-hydrogen) atoms. The summed E-state index contributed by atoms with van der Waals surface area (Å²) in [5, 5.41) is 18.6. The summed E-state index contributed by atoms with van der Waals surface area (Å²) in [7, 11) is 5.42. The van der Waals surface area contributed by atoms with Gasteiger partial charge in [0.1, 0.15) is 0 Å². The molecule has 0 unspecified atom stereocenters. The molecule has 0 fully saturated rings. The minimum Gasteiger partial charge on any atom is -0.665 e. The molecule has 0 saturated heterocycles. The Labute approximate surface area is 141 Å². The van der Waals surface area contributed by atoms with Gasteiger partial charge in [0.2, 0.25) is 0 Å². The maximum atomic E-state index is 3.77. The molecule has 1 aromatic heterocycles. The number of rotatable bonds is 3. The van der Waals surface area contributed by atoms with Gasteiger partial charge in [-0.05, 0) is 13.8 Å². The van der Waals surface area contributed by atoms with Crippen molar-refractivity contribution in [1.82, 2.24) is 10.2 Å². The smallest absolute Gasteiger partial charge is 0.665 e. The van der Waals surface area contributed by atoms with Crippen molar-refractivity contribution in [3.05, 3.63) is 33.4 Å². The number of hydrogen-bond acceptors (Lipinski definition) is 1. The first-order valence-corrected chi connectivity index (χ1v) is 6.63. The second-order valence-electron chi connectivity index (χ2n) is 3.51. The third-order valence-electron chi connectivity index (χ3n) is 1.98. The summed E-state index contributed by atoms with van der Waals surface area (Å²) in [6.07, 6.45) is 1.76. The molecule has 0 aliphatic carbocycles. The molecule has 1 aromatic rings. The van der Waals surface area contributed by atoms with E-state index in [1.807, 2.05) is 34.6 Å². The summed E-state index contributed by atoms with van der Waals surface area (Å²) >= 11 is 0. The Kier molecular flexibility index (Phi) is 38.1. The predicted molar refractivity (Wildman–Crippen MR) is 86.5 cm³/mol. The molecule has 0 saturated carbocycles. The van der Waals surface area contributed by atoms with E-state index >= 15 is 0 Å². The van der Waals surface area contributed by atoms with Crippen molar-refractivity contribution in [2.45, 2.75) is 34.6 Å². The Bertz CT molecular complexity index is 209. The standard InChI is InChI=1S/C5H7N2.3C3H8N.Ti/c1-4-3-6-7-5(4)2;3*1-3-4-2;/h3H,1-2H3;3*3H2,1-2H3;/q4*-1;+4. The topological polar surface area (TPSA) is 69.3 Å². The molecular weight excluding hydrogens is 286 g/mol. The molecular formula is C14H31N5Ti. The van der Waals surface area contributed by atoms with E-state index in [1.54, 1.807) is 27.3 Å². The van der Waals surface area contributed by atoms with Gasteiger partial charge in [0, 0.05) is 5.69 Å². The van der Waals surface area contributed by atoms with Gasteiger partial charge in [0.15, 0.2) is 0 Å². The summed E-state index contributed by atoms with van der Waals surface area (Å²) in [6.45, 7) is 12.8. The van der Waals surface area contributed by atoms with Crippen LogP contribution in [0.5, 0.6) is 0 Å². The molecule has 116 valence electrons. The first-order valence-electron chi connectivity index (χ1n) is 6.63. The second-order valence-corrected chi connectivity index (χ2v) is 3.51. The molecule has 0 aliphatic heterocycles. The minimum atomic E-state index is 0. The molecule has 0 aliphatic rings. The fraction of sp³-hybridized carbons (Fsp3) is 0.786. The quantitative estimate of drug-likeness (QED) is 0.798. The number of aryl methyl sites for hydroxylation is 2. The van der Waals surface area contributed by atoms with E-state index in [0.29, 0.717) is 0 Å². The third-order valence-corrected chi connectivity index (χ3v) is 1.98. The van der Waals surface area contributed by atoms with Crippen molar-refractivity contribution in [1.29, 1.82) is 0 Å². The first kappa shape index (κ1) is 28.0. The van der Waals surface area contributed by atoms with E-state index in [0.717, 1.165) is 25.3 Å². The predicted octanol–water partition coefficient (Wildman–Crippen LogP) is 3.68. The fourth-order valence-electron chi connectivity index (χ4n) is 0.374. The van der Waals surface area contributed by atoms with E-state index < -0.39 is 0 Å². The minimum absolute atomic E-state index is 0. The van der Waals surface area contributed by atoms with Gasteiger partial charge in [0.25, 0.3) is 0 Å². The second kappa shape index (κ2) is 27.2. The summed E-state index contributed by atoms with van der Waals surface area (Å²) in [6, 6.07) is 0. The van der Waals surface area contributed by atoms with Crippen LogP contribution in [-0.4, -0.2) is 45.9 Å². The Morgan fingerprint density at radius 3 is 1.25 bits per heavy atom. The van der Waals surface area contributed by atoms with Crippen LogP contribution in [0, 0.1) is 13.8 Å². The van der Waals surface area contributed by atoms with Crippen LogP contribution in [0.2, 0.25) is 0 Å². The Morgan fingerprint density at radius 1 is 0.900 bits per heavy atom. The first-order chi connectivity index (χ1) is 9.05. The molecule has 0 bridgehead atoms. The van der Waals surface area contributed by atoms with Crippen LogP contribution in [-0.2, 0) is 21.7 Å². The summed E-state index contributed by atoms with van der Waals surface area (Å²) in [5.41, 5.74) is 2.19. The summed E-state index contributed by atoms with van der Waals surface area (Å²) in [5.74, 6) is 0. The van der Waals surface area contributed by atoms with Crippen LogP contribution in [0.4, 0.5) is 0 Å². The Balaban J connectivity index is -0.0000000881. The molecule has 6 heteroatoms. The van der Waals surface area contributed by atoms with E-state index in [1.165, 1.54) is 5.56 Å². The Hall–Kier alpha value is -0.196. The van der Waals surface area contributed by atoms with Crippen molar-refractivity contribution < 1.29 is 21.7 Å². The van der Waals surface area contributed by atoms with Crippen LogP contribution < -0.4 is 5.10 Å². The zero-order chi connectivity index (χ0) is 15.5. The van der Waals surface area contributed by atoms with Gasteiger partial charge < -0.3 is 26.1 Å². The van der Waals surface area contributed by atoms with Gasteiger partial charge >= 0.3 is 21.7 Å². The fourth-order valence-corrected chi connectivity index (χ4v) is 0.374. The molecule has 0 aromatic carbocycles. The van der Waals surface area contributed by atoms with E-state index in [2.05, 4.69) is 26.1 Å². The zero-order valence-corrected chi connectivity index (χ0v) is 16.0. The van der Waals surface area contributed by atoms with Crippen LogP contribution >= 0.6 is 0 Å². The molecule has 0 atom stereocenters. The number of hydrogen-bond donors (Lipinski definition) is 0. The third kappa shape index (κ3) is 30.7. The van der Waals surface area contributed by atoms with Gasteiger partial charge in [-0.3, -0.25) is 0 Å². The largest absolute Gasteiger partial charge is 4.00 e. The SMILES string of the molecule is CC[N-]C.CC[N-]C.CC[N-]C.Cc1c[n-]nc1C.[Ti+4]. The number of nitrogens with zero attached hydrogens (tertiary/aromatic N) is 5. The van der Waals surface area contributed by atoms with Crippen molar-refractivity contribution in [3.63, 3.8) is 0 Å². The average molecular weight is 317 g/mol. The summed E-state index contributed by atoms with van der Waals surface area (Å²) in [4.78, 5) is 0.